The van der Waals surface area contributed by atoms with Crippen LogP contribution in [0.4, 0.5) is 5.69 Å². The van der Waals surface area contributed by atoms with Crippen molar-refractivity contribution >= 4 is 23.4 Å². The maximum absolute atomic E-state index is 12.2. The molecule has 0 bridgehead atoms. The van der Waals surface area contributed by atoms with Crippen LogP contribution < -0.4 is 5.32 Å². The number of carbonyl (C=O) groups excluding carboxylic acids is 1. The molecule has 1 fully saturated rings. The second kappa shape index (κ2) is 6.64. The number of carbonyl (C=O) groups is 1. The predicted octanol–water partition coefficient (Wildman–Crippen LogP) is 4.08. The van der Waals surface area contributed by atoms with Crippen LogP contribution in [-0.2, 0) is 9.53 Å². The van der Waals surface area contributed by atoms with E-state index in [1.165, 1.54) is 25.7 Å². The molecule has 0 aliphatic heterocycles. The molecule has 4 heteroatoms. The third-order valence-corrected chi connectivity index (χ3v) is 5.20. The molecule has 0 heterocycles. The molecule has 1 aromatic rings. The first-order valence-corrected chi connectivity index (χ1v) is 8.03. The highest BCUT2D eigenvalue weighted by atomic mass is 32.2. The number of hydrogen-bond acceptors (Lipinski definition) is 3. The topological polar surface area (TPSA) is 38.3 Å². The summed E-state index contributed by atoms with van der Waals surface area (Å²) in [6, 6.07) is 8.02. The van der Waals surface area contributed by atoms with Crippen molar-refractivity contribution in [3.63, 3.8) is 0 Å². The molecule has 20 heavy (non-hydrogen) atoms. The van der Waals surface area contributed by atoms with E-state index in [1.54, 1.807) is 21.0 Å². The Labute approximate surface area is 125 Å². The summed E-state index contributed by atoms with van der Waals surface area (Å²) in [5.74, 6) is -0.112. The van der Waals surface area contributed by atoms with Crippen LogP contribution in [0.15, 0.2) is 29.2 Å². The minimum atomic E-state index is -0.814. The molecule has 1 amide bonds. The number of benzene rings is 1. The van der Waals surface area contributed by atoms with Crippen molar-refractivity contribution < 1.29 is 9.53 Å². The Bertz CT molecular complexity index is 467. The maximum atomic E-state index is 12.2. The molecule has 3 nitrogen and oxygen atoms in total. The van der Waals surface area contributed by atoms with Gasteiger partial charge in [-0.2, -0.15) is 0 Å². The lowest BCUT2D eigenvalue weighted by atomic mass is 10.1. The van der Waals surface area contributed by atoms with Crippen molar-refractivity contribution in [2.45, 2.75) is 55.3 Å². The predicted molar refractivity (Wildman–Crippen MR) is 84.3 cm³/mol. The van der Waals surface area contributed by atoms with Crippen LogP contribution in [0, 0.1) is 0 Å². The summed E-state index contributed by atoms with van der Waals surface area (Å²) in [6.07, 6.45) is 5.19. The van der Waals surface area contributed by atoms with Crippen molar-refractivity contribution in [3.8, 4) is 0 Å². The normalized spacial score (nSPS) is 16.4. The summed E-state index contributed by atoms with van der Waals surface area (Å²) in [5, 5.41) is 3.67. The highest BCUT2D eigenvalue weighted by Gasteiger charge is 2.27. The van der Waals surface area contributed by atoms with Gasteiger partial charge in [0.25, 0.3) is 5.91 Å². The molecular weight excluding hydrogens is 270 g/mol. The Morgan fingerprint density at radius 2 is 1.95 bits per heavy atom. The number of anilines is 1. The fourth-order valence-electron chi connectivity index (χ4n) is 2.22. The van der Waals surface area contributed by atoms with E-state index in [9.17, 15) is 4.79 Å². The van der Waals surface area contributed by atoms with Gasteiger partial charge in [0.1, 0.15) is 5.60 Å². The largest absolute Gasteiger partial charge is 0.369 e. The van der Waals surface area contributed by atoms with Crippen molar-refractivity contribution in [2.24, 2.45) is 0 Å². The molecule has 1 aliphatic rings. The van der Waals surface area contributed by atoms with Gasteiger partial charge in [-0.1, -0.05) is 25.0 Å². The van der Waals surface area contributed by atoms with Gasteiger partial charge in [0.15, 0.2) is 0 Å². The monoisotopic (exact) mass is 293 g/mol. The Balaban J connectivity index is 2.09. The molecule has 0 saturated heterocycles. The lowest BCUT2D eigenvalue weighted by molar-refractivity contribution is -0.133. The fourth-order valence-corrected chi connectivity index (χ4v) is 3.56. The minimum Gasteiger partial charge on any atom is -0.369 e. The molecule has 0 spiro atoms. The van der Waals surface area contributed by atoms with Crippen molar-refractivity contribution in [1.82, 2.24) is 0 Å². The van der Waals surface area contributed by atoms with E-state index < -0.39 is 5.60 Å². The highest BCUT2D eigenvalue weighted by molar-refractivity contribution is 8.00. The molecular formula is C16H23NO2S. The molecule has 0 atom stereocenters. The fraction of sp³-hybridized carbons (Fsp3) is 0.562. The lowest BCUT2D eigenvalue weighted by Gasteiger charge is -2.23. The van der Waals surface area contributed by atoms with Gasteiger partial charge in [0.05, 0.1) is 5.69 Å². The van der Waals surface area contributed by atoms with Gasteiger partial charge in [-0.25, -0.2) is 0 Å². The van der Waals surface area contributed by atoms with Gasteiger partial charge in [-0.05, 0) is 38.8 Å². The molecule has 2 rings (SSSR count). The van der Waals surface area contributed by atoms with Crippen molar-refractivity contribution in [3.05, 3.63) is 24.3 Å². The molecule has 0 aromatic heterocycles. The third kappa shape index (κ3) is 3.76. The van der Waals surface area contributed by atoms with E-state index in [4.69, 9.17) is 4.74 Å². The van der Waals surface area contributed by atoms with E-state index in [0.717, 1.165) is 10.6 Å². The molecule has 110 valence electrons. The number of para-hydroxylation sites is 1. The average molecular weight is 293 g/mol. The summed E-state index contributed by atoms with van der Waals surface area (Å²) in [4.78, 5) is 13.4. The standard InChI is InChI=1S/C16H23NO2S/c1-16(2,19-3)15(18)17-13-10-6-7-11-14(13)20-12-8-4-5-9-12/h6-7,10-12H,4-5,8-9H2,1-3H3,(H,17,18). The Morgan fingerprint density at radius 1 is 1.30 bits per heavy atom. The van der Waals surface area contributed by atoms with Gasteiger partial charge >= 0.3 is 0 Å². The second-order valence-corrected chi connectivity index (χ2v) is 7.03. The van der Waals surface area contributed by atoms with Gasteiger partial charge in [-0.3, -0.25) is 4.79 Å². The van der Waals surface area contributed by atoms with Gasteiger partial charge in [0.2, 0.25) is 0 Å². The summed E-state index contributed by atoms with van der Waals surface area (Å²) < 4.78 is 5.23. The van der Waals surface area contributed by atoms with E-state index >= 15 is 0 Å². The number of hydrogen-bond donors (Lipinski definition) is 1. The van der Waals surface area contributed by atoms with Crippen molar-refractivity contribution in [1.29, 1.82) is 0 Å². The Kier molecular flexibility index (Phi) is 5.11. The summed E-state index contributed by atoms with van der Waals surface area (Å²) in [7, 11) is 1.55. The second-order valence-electron chi connectivity index (χ2n) is 5.69. The van der Waals surface area contributed by atoms with E-state index in [2.05, 4.69) is 11.4 Å². The quantitative estimate of drug-likeness (QED) is 0.888. The number of ether oxygens (including phenoxy) is 1. The molecule has 1 N–H and O–H groups in total. The molecule has 0 unspecified atom stereocenters. The summed E-state index contributed by atoms with van der Waals surface area (Å²) in [6.45, 7) is 3.55. The maximum Gasteiger partial charge on any atom is 0.256 e. The first kappa shape index (κ1) is 15.4. The van der Waals surface area contributed by atoms with E-state index in [0.29, 0.717) is 5.25 Å². The zero-order chi connectivity index (χ0) is 14.6. The zero-order valence-corrected chi connectivity index (χ0v) is 13.3. The first-order chi connectivity index (χ1) is 9.53. The summed E-state index contributed by atoms with van der Waals surface area (Å²) >= 11 is 1.88. The van der Waals surface area contributed by atoms with Crippen LogP contribution in [-0.4, -0.2) is 23.9 Å². The SMILES string of the molecule is COC(C)(C)C(=O)Nc1ccccc1SC1CCCC1. The van der Waals surface area contributed by atoms with Crippen LogP contribution in [0.3, 0.4) is 0 Å². The van der Waals surface area contributed by atoms with Crippen LogP contribution in [0.5, 0.6) is 0 Å². The number of thioether (sulfide) groups is 1. The minimum absolute atomic E-state index is 0.112. The van der Waals surface area contributed by atoms with Gasteiger partial charge in [-0.15, -0.1) is 11.8 Å². The van der Waals surface area contributed by atoms with Crippen LogP contribution in [0.2, 0.25) is 0 Å². The number of nitrogens with one attached hydrogen (secondary N) is 1. The molecule has 1 saturated carbocycles. The zero-order valence-electron chi connectivity index (χ0n) is 12.4. The van der Waals surface area contributed by atoms with Crippen molar-refractivity contribution in [2.75, 3.05) is 12.4 Å². The number of amides is 1. The molecule has 0 radical (unpaired) electrons. The van der Waals surface area contributed by atoms with E-state index in [1.807, 2.05) is 30.0 Å². The summed E-state index contributed by atoms with van der Waals surface area (Å²) in [5.41, 5.74) is 0.0741. The van der Waals surface area contributed by atoms with Crippen LogP contribution in [0.25, 0.3) is 0 Å². The third-order valence-electron chi connectivity index (χ3n) is 3.79. The smallest absolute Gasteiger partial charge is 0.256 e. The average Bonchev–Trinajstić information content (AvgIpc) is 2.94. The molecule has 1 aromatic carbocycles. The van der Waals surface area contributed by atoms with E-state index in [-0.39, 0.29) is 5.91 Å². The Hall–Kier alpha value is -1.00. The van der Waals surface area contributed by atoms with Gasteiger partial charge in [0, 0.05) is 17.3 Å². The number of methoxy groups -OCH3 is 1. The van der Waals surface area contributed by atoms with Gasteiger partial charge < -0.3 is 10.1 Å². The highest BCUT2D eigenvalue weighted by Crippen LogP contribution is 2.38. The number of rotatable bonds is 5. The lowest BCUT2D eigenvalue weighted by Crippen LogP contribution is -2.38. The van der Waals surface area contributed by atoms with Crippen LogP contribution in [0.1, 0.15) is 39.5 Å². The molecule has 1 aliphatic carbocycles. The Morgan fingerprint density at radius 3 is 2.60 bits per heavy atom. The van der Waals surface area contributed by atoms with Crippen LogP contribution >= 0.6 is 11.8 Å². The first-order valence-electron chi connectivity index (χ1n) is 7.15.